The van der Waals surface area contributed by atoms with Gasteiger partial charge in [0, 0.05) is 11.1 Å². The fourth-order valence-corrected chi connectivity index (χ4v) is 3.89. The molecule has 3 aromatic rings. The minimum atomic E-state index is -4.02. The number of nitrogens with one attached hydrogen (secondary N) is 1. The molecular weight excluding hydrogens is 390 g/mol. The Kier molecular flexibility index (Phi) is 5.20. The molecule has 0 atom stereocenters. The summed E-state index contributed by atoms with van der Waals surface area (Å²) in [7, 11) is -2.82. The molecular formula is C18H16ClN3O4S. The number of rotatable bonds is 5. The molecule has 3 rings (SSSR count). The zero-order valence-electron chi connectivity index (χ0n) is 14.5. The second-order valence-electron chi connectivity index (χ2n) is 5.69. The van der Waals surface area contributed by atoms with Crippen LogP contribution in [0.3, 0.4) is 0 Å². The number of carbonyl (C=O) groups is 1. The number of sulfonamides is 1. The van der Waals surface area contributed by atoms with Crippen LogP contribution in [0.15, 0.2) is 59.5 Å². The molecule has 1 heterocycles. The van der Waals surface area contributed by atoms with Crippen LogP contribution in [-0.2, 0) is 14.8 Å². The van der Waals surface area contributed by atoms with Crippen molar-refractivity contribution in [2.24, 2.45) is 0 Å². The lowest BCUT2D eigenvalue weighted by Gasteiger charge is -2.11. The maximum atomic E-state index is 12.8. The molecule has 0 fully saturated rings. The number of hydrogen-bond donors (Lipinski definition) is 1. The number of hydrogen-bond acceptors (Lipinski definition) is 5. The number of para-hydroxylation sites is 1. The van der Waals surface area contributed by atoms with Gasteiger partial charge in [0.2, 0.25) is 0 Å². The molecule has 0 amide bonds. The summed E-state index contributed by atoms with van der Waals surface area (Å²) < 4.78 is 34.3. The van der Waals surface area contributed by atoms with Crippen LogP contribution in [-0.4, -0.2) is 31.3 Å². The van der Waals surface area contributed by atoms with Gasteiger partial charge in [0.1, 0.15) is 5.82 Å². The Morgan fingerprint density at radius 1 is 1.15 bits per heavy atom. The van der Waals surface area contributed by atoms with Crippen LogP contribution in [0, 0.1) is 6.92 Å². The predicted molar refractivity (Wildman–Crippen MR) is 102 cm³/mol. The Hall–Kier alpha value is -2.84. The van der Waals surface area contributed by atoms with Gasteiger partial charge in [0.25, 0.3) is 10.0 Å². The first-order chi connectivity index (χ1) is 12.8. The minimum Gasteiger partial charge on any atom is -0.465 e. The Balaban J connectivity index is 2.02. The molecule has 2 aromatic carbocycles. The largest absolute Gasteiger partial charge is 0.465 e. The molecule has 0 unspecified atom stereocenters. The number of aryl methyl sites for hydroxylation is 1. The number of anilines is 1. The highest BCUT2D eigenvalue weighted by Crippen LogP contribution is 2.24. The lowest BCUT2D eigenvalue weighted by molar-refractivity contribution is 0.0600. The average Bonchev–Trinajstić information content (AvgIpc) is 3.00. The van der Waals surface area contributed by atoms with Crippen LogP contribution < -0.4 is 4.72 Å². The van der Waals surface area contributed by atoms with Crippen molar-refractivity contribution in [2.75, 3.05) is 11.8 Å². The van der Waals surface area contributed by atoms with Crippen molar-refractivity contribution >= 4 is 33.4 Å². The van der Waals surface area contributed by atoms with E-state index in [9.17, 15) is 13.2 Å². The summed E-state index contributed by atoms with van der Waals surface area (Å²) in [6.07, 6.45) is 0. The second kappa shape index (κ2) is 7.42. The highest BCUT2D eigenvalue weighted by molar-refractivity contribution is 7.92. The van der Waals surface area contributed by atoms with Gasteiger partial charge in [-0.05, 0) is 37.3 Å². The van der Waals surface area contributed by atoms with Crippen molar-refractivity contribution in [2.45, 2.75) is 11.8 Å². The Labute approximate surface area is 161 Å². The smallest absolute Gasteiger partial charge is 0.337 e. The Morgan fingerprint density at radius 2 is 1.85 bits per heavy atom. The van der Waals surface area contributed by atoms with E-state index in [1.807, 2.05) is 18.2 Å². The molecule has 0 radical (unpaired) electrons. The molecule has 0 aliphatic rings. The standard InChI is InChI=1S/C18H16ClN3O4S/c1-12-8-17(22(20-12)15-6-4-3-5-7-15)21-27(24,25)16-10-13(18(23)26-2)9-14(19)11-16/h3-11,21H,1-2H3. The molecule has 27 heavy (non-hydrogen) atoms. The van der Waals surface area contributed by atoms with Crippen molar-refractivity contribution in [3.05, 3.63) is 70.9 Å². The van der Waals surface area contributed by atoms with E-state index < -0.39 is 16.0 Å². The third-order valence-corrected chi connectivity index (χ3v) is 5.23. The zero-order valence-corrected chi connectivity index (χ0v) is 16.1. The number of esters is 1. The lowest BCUT2D eigenvalue weighted by Crippen LogP contribution is -2.16. The first-order valence-corrected chi connectivity index (χ1v) is 9.70. The summed E-state index contributed by atoms with van der Waals surface area (Å²) >= 11 is 5.97. The van der Waals surface area contributed by atoms with Gasteiger partial charge in [-0.2, -0.15) is 5.10 Å². The Bertz CT molecular complexity index is 1100. The van der Waals surface area contributed by atoms with Gasteiger partial charge in [-0.15, -0.1) is 0 Å². The number of halogens is 1. The van der Waals surface area contributed by atoms with Gasteiger partial charge >= 0.3 is 5.97 Å². The molecule has 0 aliphatic heterocycles. The molecule has 7 nitrogen and oxygen atoms in total. The van der Waals surface area contributed by atoms with E-state index in [-0.39, 0.29) is 21.3 Å². The number of methoxy groups -OCH3 is 1. The van der Waals surface area contributed by atoms with Crippen molar-refractivity contribution < 1.29 is 17.9 Å². The van der Waals surface area contributed by atoms with Gasteiger partial charge in [-0.1, -0.05) is 29.8 Å². The highest BCUT2D eigenvalue weighted by atomic mass is 35.5. The maximum absolute atomic E-state index is 12.8. The lowest BCUT2D eigenvalue weighted by atomic mass is 10.2. The number of carbonyl (C=O) groups excluding carboxylic acids is 1. The fourth-order valence-electron chi connectivity index (χ4n) is 2.49. The quantitative estimate of drug-likeness (QED) is 0.657. The van der Waals surface area contributed by atoms with Crippen molar-refractivity contribution in [3.63, 3.8) is 0 Å². The van der Waals surface area contributed by atoms with Crippen molar-refractivity contribution in [3.8, 4) is 5.69 Å². The van der Waals surface area contributed by atoms with E-state index in [2.05, 4.69) is 14.6 Å². The van der Waals surface area contributed by atoms with Crippen LogP contribution in [0.4, 0.5) is 5.82 Å². The van der Waals surface area contributed by atoms with Crippen LogP contribution in [0.25, 0.3) is 5.69 Å². The number of benzene rings is 2. The average molecular weight is 406 g/mol. The number of aromatic nitrogens is 2. The molecule has 1 aromatic heterocycles. The molecule has 9 heteroatoms. The van der Waals surface area contributed by atoms with E-state index in [0.717, 1.165) is 0 Å². The first-order valence-electron chi connectivity index (χ1n) is 7.84. The van der Waals surface area contributed by atoms with E-state index in [1.54, 1.807) is 25.1 Å². The van der Waals surface area contributed by atoms with E-state index >= 15 is 0 Å². The first kappa shape index (κ1) is 18.9. The van der Waals surface area contributed by atoms with Gasteiger partial charge in [-0.3, -0.25) is 4.72 Å². The zero-order chi connectivity index (χ0) is 19.6. The third-order valence-electron chi connectivity index (χ3n) is 3.67. The summed E-state index contributed by atoms with van der Waals surface area (Å²) in [5.74, 6) is -0.419. The monoisotopic (exact) mass is 405 g/mol. The summed E-state index contributed by atoms with van der Waals surface area (Å²) in [6.45, 7) is 1.76. The van der Waals surface area contributed by atoms with Gasteiger partial charge in [0.15, 0.2) is 0 Å². The second-order valence-corrected chi connectivity index (χ2v) is 7.81. The van der Waals surface area contributed by atoms with E-state index in [1.165, 1.54) is 30.0 Å². The molecule has 140 valence electrons. The van der Waals surface area contributed by atoms with Gasteiger partial charge in [0.05, 0.1) is 29.0 Å². The molecule has 0 spiro atoms. The van der Waals surface area contributed by atoms with Gasteiger partial charge in [-0.25, -0.2) is 17.9 Å². The molecule has 0 aliphatic carbocycles. The van der Waals surface area contributed by atoms with Crippen LogP contribution in [0.2, 0.25) is 5.02 Å². The summed E-state index contributed by atoms with van der Waals surface area (Å²) in [4.78, 5) is 11.6. The van der Waals surface area contributed by atoms with Crippen LogP contribution in [0.5, 0.6) is 0 Å². The van der Waals surface area contributed by atoms with Gasteiger partial charge < -0.3 is 4.74 Å². The molecule has 1 N–H and O–H groups in total. The normalized spacial score (nSPS) is 11.2. The number of nitrogens with zero attached hydrogens (tertiary/aromatic N) is 2. The molecule has 0 saturated heterocycles. The SMILES string of the molecule is COC(=O)c1cc(Cl)cc(S(=O)(=O)Nc2cc(C)nn2-c2ccccc2)c1. The van der Waals surface area contributed by atoms with Crippen molar-refractivity contribution in [1.82, 2.24) is 9.78 Å². The minimum absolute atomic E-state index is 0.0399. The van der Waals surface area contributed by atoms with E-state index in [4.69, 9.17) is 11.6 Å². The molecule has 0 saturated carbocycles. The topological polar surface area (TPSA) is 90.3 Å². The number of ether oxygens (including phenoxy) is 1. The van der Waals surface area contributed by atoms with Crippen molar-refractivity contribution in [1.29, 1.82) is 0 Å². The summed E-state index contributed by atoms with van der Waals surface area (Å²) in [5, 5.41) is 4.43. The fraction of sp³-hybridized carbons (Fsp3) is 0.111. The highest BCUT2D eigenvalue weighted by Gasteiger charge is 2.21. The third kappa shape index (κ3) is 4.12. The molecule has 0 bridgehead atoms. The van der Waals surface area contributed by atoms with Crippen LogP contribution >= 0.6 is 11.6 Å². The van der Waals surface area contributed by atoms with E-state index in [0.29, 0.717) is 11.4 Å². The van der Waals surface area contributed by atoms with Crippen LogP contribution in [0.1, 0.15) is 16.1 Å². The Morgan fingerprint density at radius 3 is 2.52 bits per heavy atom. The maximum Gasteiger partial charge on any atom is 0.337 e. The summed E-state index contributed by atoms with van der Waals surface area (Å²) in [5.41, 5.74) is 1.38. The summed E-state index contributed by atoms with van der Waals surface area (Å²) in [6, 6.07) is 14.5. The predicted octanol–water partition coefficient (Wildman–Crippen LogP) is 3.42.